The maximum absolute atomic E-state index is 13.3. The molecule has 0 saturated carbocycles. The molecule has 5 aromatic rings. The van der Waals surface area contributed by atoms with Gasteiger partial charge in [0.1, 0.15) is 0 Å². The van der Waals surface area contributed by atoms with Gasteiger partial charge in [-0.3, -0.25) is 9.20 Å². The van der Waals surface area contributed by atoms with Gasteiger partial charge in [0.25, 0.3) is 5.91 Å². The van der Waals surface area contributed by atoms with Crippen molar-refractivity contribution < 1.29 is 4.79 Å². The largest absolute Gasteiger partial charge is 0.368 e. The maximum Gasteiger partial charge on any atom is 0.254 e. The molecule has 6 rings (SSSR count). The summed E-state index contributed by atoms with van der Waals surface area (Å²) >= 11 is 1.63. The van der Waals surface area contributed by atoms with Gasteiger partial charge >= 0.3 is 0 Å². The summed E-state index contributed by atoms with van der Waals surface area (Å²) in [4.78, 5) is 23.5. The number of amides is 1. The van der Waals surface area contributed by atoms with Crippen molar-refractivity contribution in [3.8, 4) is 11.3 Å². The van der Waals surface area contributed by atoms with Crippen LogP contribution in [0.15, 0.2) is 66.9 Å². The van der Waals surface area contributed by atoms with Crippen LogP contribution in [0.1, 0.15) is 27.0 Å². The SMILES string of the molecule is Cc1ccc(-c2cn3c(n2)sc2cc(C(=O)N4CCN(c5cccc(C)c5C)CC4)ccc23)cc1. The van der Waals surface area contributed by atoms with E-state index in [9.17, 15) is 4.79 Å². The number of nitrogens with zero attached hydrogens (tertiary/aromatic N) is 4. The van der Waals surface area contributed by atoms with Crippen LogP contribution in [0, 0.1) is 20.8 Å². The zero-order valence-electron chi connectivity index (χ0n) is 20.3. The van der Waals surface area contributed by atoms with Gasteiger partial charge in [0.05, 0.1) is 15.9 Å². The highest BCUT2D eigenvalue weighted by atomic mass is 32.1. The molecular weight excluding hydrogens is 452 g/mol. The van der Waals surface area contributed by atoms with E-state index in [1.165, 1.54) is 22.4 Å². The lowest BCUT2D eigenvalue weighted by Crippen LogP contribution is -2.49. The van der Waals surface area contributed by atoms with Crippen LogP contribution >= 0.6 is 11.3 Å². The highest BCUT2D eigenvalue weighted by molar-refractivity contribution is 7.23. The zero-order chi connectivity index (χ0) is 24.1. The first-order valence-corrected chi connectivity index (χ1v) is 12.9. The van der Waals surface area contributed by atoms with Gasteiger partial charge in [0.2, 0.25) is 0 Å². The third-order valence-corrected chi connectivity index (χ3v) is 8.19. The van der Waals surface area contributed by atoms with Gasteiger partial charge in [-0.1, -0.05) is 53.3 Å². The number of hydrogen-bond donors (Lipinski definition) is 0. The minimum absolute atomic E-state index is 0.110. The Bertz CT molecular complexity index is 1560. The predicted octanol–water partition coefficient (Wildman–Crippen LogP) is 6.10. The molecule has 0 bridgehead atoms. The van der Waals surface area contributed by atoms with Crippen molar-refractivity contribution in [1.29, 1.82) is 0 Å². The first-order chi connectivity index (χ1) is 17.0. The fourth-order valence-corrected chi connectivity index (χ4v) is 5.96. The number of aryl methyl sites for hydroxylation is 2. The van der Waals surface area contributed by atoms with Crippen molar-refractivity contribution >= 4 is 38.1 Å². The quantitative estimate of drug-likeness (QED) is 0.313. The number of fused-ring (bicyclic) bond motifs is 3. The van der Waals surface area contributed by atoms with Gasteiger partial charge in [0.15, 0.2) is 4.96 Å². The summed E-state index contributed by atoms with van der Waals surface area (Å²) in [6.45, 7) is 9.60. The lowest BCUT2D eigenvalue weighted by atomic mass is 10.1. The van der Waals surface area contributed by atoms with Crippen LogP contribution in [-0.2, 0) is 0 Å². The van der Waals surface area contributed by atoms with Crippen LogP contribution in [0.3, 0.4) is 0 Å². The normalized spacial score (nSPS) is 14.3. The van der Waals surface area contributed by atoms with E-state index >= 15 is 0 Å². The minimum atomic E-state index is 0.110. The Hall–Kier alpha value is -3.64. The van der Waals surface area contributed by atoms with Crippen molar-refractivity contribution in [3.05, 3.63) is 89.1 Å². The lowest BCUT2D eigenvalue weighted by molar-refractivity contribution is 0.0747. The van der Waals surface area contributed by atoms with Crippen LogP contribution < -0.4 is 4.90 Å². The van der Waals surface area contributed by atoms with Crippen LogP contribution in [0.25, 0.3) is 26.4 Å². The molecule has 1 fully saturated rings. The van der Waals surface area contributed by atoms with Gasteiger partial charge in [-0.25, -0.2) is 4.98 Å². The summed E-state index contributed by atoms with van der Waals surface area (Å²) in [7, 11) is 0. The summed E-state index contributed by atoms with van der Waals surface area (Å²) in [5.41, 5.74) is 9.09. The van der Waals surface area contributed by atoms with Gasteiger partial charge in [-0.2, -0.15) is 0 Å². The molecule has 1 amide bonds. The fourth-order valence-electron chi connectivity index (χ4n) is 4.91. The van der Waals surface area contributed by atoms with E-state index < -0.39 is 0 Å². The molecule has 3 aromatic carbocycles. The number of rotatable bonds is 3. The molecule has 0 atom stereocenters. The second-order valence-corrected chi connectivity index (χ2v) is 10.4. The van der Waals surface area contributed by atoms with Crippen molar-refractivity contribution in [2.24, 2.45) is 0 Å². The Morgan fingerprint density at radius 2 is 1.69 bits per heavy atom. The molecule has 3 heterocycles. The van der Waals surface area contributed by atoms with Crippen LogP contribution in [-0.4, -0.2) is 46.4 Å². The van der Waals surface area contributed by atoms with Gasteiger partial charge in [-0.15, -0.1) is 0 Å². The van der Waals surface area contributed by atoms with E-state index in [4.69, 9.17) is 4.98 Å². The minimum Gasteiger partial charge on any atom is -0.368 e. The van der Waals surface area contributed by atoms with E-state index in [-0.39, 0.29) is 5.91 Å². The Balaban J connectivity index is 1.21. The Kier molecular flexibility index (Phi) is 5.33. The second kappa shape index (κ2) is 8.54. The topological polar surface area (TPSA) is 40.9 Å². The smallest absolute Gasteiger partial charge is 0.254 e. The molecule has 1 aliphatic rings. The number of hydrogen-bond acceptors (Lipinski definition) is 4. The van der Waals surface area contributed by atoms with Gasteiger partial charge in [0, 0.05) is 49.2 Å². The summed E-state index contributed by atoms with van der Waals surface area (Å²) in [6.07, 6.45) is 2.09. The molecule has 35 heavy (non-hydrogen) atoms. The maximum atomic E-state index is 13.3. The third kappa shape index (κ3) is 3.88. The van der Waals surface area contributed by atoms with E-state index in [1.54, 1.807) is 11.3 Å². The summed E-state index contributed by atoms with van der Waals surface area (Å²) in [6, 6.07) is 20.9. The lowest BCUT2D eigenvalue weighted by Gasteiger charge is -2.37. The van der Waals surface area contributed by atoms with Crippen molar-refractivity contribution in [1.82, 2.24) is 14.3 Å². The highest BCUT2D eigenvalue weighted by Gasteiger charge is 2.24. The molecule has 0 aliphatic carbocycles. The number of carbonyl (C=O) groups excluding carboxylic acids is 1. The van der Waals surface area contributed by atoms with Gasteiger partial charge in [-0.05, 0) is 56.2 Å². The molecular formula is C29H28N4OS. The van der Waals surface area contributed by atoms with Crippen molar-refractivity contribution in [3.63, 3.8) is 0 Å². The van der Waals surface area contributed by atoms with E-state index in [0.29, 0.717) is 0 Å². The number of piperazine rings is 1. The summed E-state index contributed by atoms with van der Waals surface area (Å²) < 4.78 is 3.22. The molecule has 6 heteroatoms. The summed E-state index contributed by atoms with van der Waals surface area (Å²) in [5.74, 6) is 0.110. The predicted molar refractivity (Wildman–Crippen MR) is 145 cm³/mol. The number of imidazole rings is 1. The number of anilines is 1. The first kappa shape index (κ1) is 21.9. The number of carbonyl (C=O) groups is 1. The van der Waals surface area contributed by atoms with Crippen LogP contribution in [0.2, 0.25) is 0 Å². The number of benzene rings is 3. The molecule has 176 valence electrons. The monoisotopic (exact) mass is 480 g/mol. The molecule has 0 N–H and O–H groups in total. The van der Waals surface area contributed by atoms with Crippen LogP contribution in [0.5, 0.6) is 0 Å². The molecule has 0 unspecified atom stereocenters. The first-order valence-electron chi connectivity index (χ1n) is 12.1. The van der Waals surface area contributed by atoms with Crippen LogP contribution in [0.4, 0.5) is 5.69 Å². The van der Waals surface area contributed by atoms with Crippen molar-refractivity contribution in [2.45, 2.75) is 20.8 Å². The molecule has 1 aliphatic heterocycles. The average molecular weight is 481 g/mol. The van der Waals surface area contributed by atoms with Crippen molar-refractivity contribution in [2.75, 3.05) is 31.1 Å². The van der Waals surface area contributed by atoms with E-state index in [0.717, 1.165) is 58.2 Å². The van der Waals surface area contributed by atoms with Gasteiger partial charge < -0.3 is 9.80 Å². The zero-order valence-corrected chi connectivity index (χ0v) is 21.1. The van der Waals surface area contributed by atoms with E-state index in [1.807, 2.05) is 17.0 Å². The average Bonchev–Trinajstić information content (AvgIpc) is 3.43. The Labute approximate surface area is 209 Å². The second-order valence-electron chi connectivity index (χ2n) is 9.43. The third-order valence-electron chi connectivity index (χ3n) is 7.17. The molecule has 0 spiro atoms. The fraction of sp³-hybridized carbons (Fsp3) is 0.241. The highest BCUT2D eigenvalue weighted by Crippen LogP contribution is 2.31. The van der Waals surface area contributed by atoms with E-state index in [2.05, 4.69) is 84.8 Å². The standard InChI is InChI=1S/C29H28N4OS/c1-19-7-9-22(10-8-19)24-18-33-26-12-11-23(17-27(26)35-29(33)30-24)28(34)32-15-13-31(14-16-32)25-6-4-5-20(2)21(25)3/h4-12,17-18H,13-16H2,1-3H3. The Morgan fingerprint density at radius 1 is 0.914 bits per heavy atom. The molecule has 2 aromatic heterocycles. The number of thiazole rings is 1. The Morgan fingerprint density at radius 3 is 2.46 bits per heavy atom. The molecule has 0 radical (unpaired) electrons. The molecule has 5 nitrogen and oxygen atoms in total. The summed E-state index contributed by atoms with van der Waals surface area (Å²) in [5, 5.41) is 0. The number of aromatic nitrogens is 2. The molecule has 1 saturated heterocycles.